The normalized spacial score (nSPS) is 19.4. The summed E-state index contributed by atoms with van der Waals surface area (Å²) in [6.07, 6.45) is -0.784. The SMILES string of the molecule is COc1ccc(OC(C)C(=O)N2CCOCC2C(=O)O)cc1. The number of carbonyl (C=O) groups excluding carboxylic acids is 1. The lowest BCUT2D eigenvalue weighted by Crippen LogP contribution is -2.55. The van der Waals surface area contributed by atoms with E-state index in [9.17, 15) is 9.59 Å². The number of carbonyl (C=O) groups is 2. The van der Waals surface area contributed by atoms with Crippen molar-refractivity contribution in [1.29, 1.82) is 0 Å². The third-order valence-electron chi connectivity index (χ3n) is 3.42. The Morgan fingerprint density at radius 3 is 2.55 bits per heavy atom. The van der Waals surface area contributed by atoms with Crippen molar-refractivity contribution in [3.05, 3.63) is 24.3 Å². The molecule has 120 valence electrons. The molecule has 0 spiro atoms. The van der Waals surface area contributed by atoms with Crippen LogP contribution in [0.1, 0.15) is 6.92 Å². The fraction of sp³-hybridized carbons (Fsp3) is 0.467. The Hall–Kier alpha value is -2.28. The summed E-state index contributed by atoms with van der Waals surface area (Å²) < 4.78 is 15.7. The summed E-state index contributed by atoms with van der Waals surface area (Å²) in [5.74, 6) is -0.247. The molecule has 0 saturated carbocycles. The molecule has 0 bridgehead atoms. The van der Waals surface area contributed by atoms with Crippen molar-refractivity contribution >= 4 is 11.9 Å². The number of nitrogens with zero attached hydrogens (tertiary/aromatic N) is 1. The van der Waals surface area contributed by atoms with Gasteiger partial charge in [0.25, 0.3) is 5.91 Å². The summed E-state index contributed by atoms with van der Waals surface area (Å²) >= 11 is 0. The van der Waals surface area contributed by atoms with E-state index in [0.717, 1.165) is 0 Å². The van der Waals surface area contributed by atoms with Gasteiger partial charge in [-0.25, -0.2) is 4.79 Å². The summed E-state index contributed by atoms with van der Waals surface area (Å²) in [5, 5.41) is 9.16. The number of amides is 1. The van der Waals surface area contributed by atoms with Crippen molar-refractivity contribution in [2.24, 2.45) is 0 Å². The van der Waals surface area contributed by atoms with Crippen molar-refractivity contribution in [2.75, 3.05) is 26.9 Å². The zero-order valence-electron chi connectivity index (χ0n) is 12.5. The van der Waals surface area contributed by atoms with Gasteiger partial charge in [-0.2, -0.15) is 0 Å². The van der Waals surface area contributed by atoms with Gasteiger partial charge in [0, 0.05) is 6.54 Å². The van der Waals surface area contributed by atoms with Crippen LogP contribution in [-0.2, 0) is 14.3 Å². The minimum Gasteiger partial charge on any atom is -0.497 e. The van der Waals surface area contributed by atoms with E-state index >= 15 is 0 Å². The van der Waals surface area contributed by atoms with E-state index in [2.05, 4.69) is 0 Å². The van der Waals surface area contributed by atoms with Gasteiger partial charge in [0.15, 0.2) is 12.1 Å². The van der Waals surface area contributed by atoms with Crippen LogP contribution in [0.4, 0.5) is 0 Å². The molecule has 1 aromatic carbocycles. The Bertz CT molecular complexity index is 529. The summed E-state index contributed by atoms with van der Waals surface area (Å²) in [7, 11) is 1.56. The molecule has 1 aromatic rings. The van der Waals surface area contributed by atoms with Gasteiger partial charge in [-0.15, -0.1) is 0 Å². The molecule has 1 N–H and O–H groups in total. The van der Waals surface area contributed by atoms with Gasteiger partial charge >= 0.3 is 5.97 Å². The van der Waals surface area contributed by atoms with Crippen LogP contribution in [0, 0.1) is 0 Å². The largest absolute Gasteiger partial charge is 0.497 e. The molecule has 0 radical (unpaired) electrons. The Labute approximate surface area is 128 Å². The van der Waals surface area contributed by atoms with Gasteiger partial charge in [-0.05, 0) is 31.2 Å². The molecule has 0 aliphatic carbocycles. The lowest BCUT2D eigenvalue weighted by molar-refractivity contribution is -0.161. The molecular formula is C15H19NO6. The predicted octanol–water partition coefficient (Wildman–Crippen LogP) is 0.774. The Morgan fingerprint density at radius 1 is 1.32 bits per heavy atom. The lowest BCUT2D eigenvalue weighted by Gasteiger charge is -2.34. The highest BCUT2D eigenvalue weighted by Crippen LogP contribution is 2.19. The number of carboxylic acids is 1. The van der Waals surface area contributed by atoms with Crippen molar-refractivity contribution in [1.82, 2.24) is 4.90 Å². The number of methoxy groups -OCH3 is 1. The average Bonchev–Trinajstić information content (AvgIpc) is 2.54. The average molecular weight is 309 g/mol. The molecule has 7 nitrogen and oxygen atoms in total. The maximum absolute atomic E-state index is 12.4. The fourth-order valence-electron chi connectivity index (χ4n) is 2.21. The summed E-state index contributed by atoms with van der Waals surface area (Å²) in [4.78, 5) is 24.9. The topological polar surface area (TPSA) is 85.3 Å². The molecule has 1 fully saturated rings. The molecule has 7 heteroatoms. The molecule has 1 aliphatic rings. The second kappa shape index (κ2) is 7.13. The summed E-state index contributed by atoms with van der Waals surface area (Å²) in [6.45, 7) is 2.16. The minimum atomic E-state index is -1.08. The third-order valence-corrected chi connectivity index (χ3v) is 3.42. The van der Waals surface area contributed by atoms with Crippen molar-refractivity contribution in [3.63, 3.8) is 0 Å². The smallest absolute Gasteiger partial charge is 0.328 e. The fourth-order valence-corrected chi connectivity index (χ4v) is 2.21. The third kappa shape index (κ3) is 3.67. The molecule has 0 aromatic heterocycles. The number of carboxylic acid groups (broad SMARTS) is 1. The highest BCUT2D eigenvalue weighted by atomic mass is 16.5. The number of morpholine rings is 1. The minimum absolute atomic E-state index is 0.00364. The van der Waals surface area contributed by atoms with Gasteiger partial charge in [0.05, 0.1) is 20.3 Å². The first-order chi connectivity index (χ1) is 10.5. The number of aliphatic carboxylic acids is 1. The van der Waals surface area contributed by atoms with Crippen LogP contribution in [0.15, 0.2) is 24.3 Å². The maximum Gasteiger partial charge on any atom is 0.328 e. The Morgan fingerprint density at radius 2 is 1.95 bits per heavy atom. The second-order valence-corrected chi connectivity index (χ2v) is 4.90. The first kappa shape index (κ1) is 16.1. The molecule has 2 rings (SSSR count). The van der Waals surface area contributed by atoms with Crippen LogP contribution in [0.5, 0.6) is 11.5 Å². The van der Waals surface area contributed by atoms with Gasteiger partial charge in [-0.1, -0.05) is 0 Å². The van der Waals surface area contributed by atoms with Gasteiger partial charge in [0.1, 0.15) is 11.5 Å². The standard InChI is InChI=1S/C15H19NO6/c1-10(22-12-5-3-11(20-2)4-6-12)14(17)16-7-8-21-9-13(16)15(18)19/h3-6,10,13H,7-9H2,1-2H3,(H,18,19). The molecule has 1 saturated heterocycles. The van der Waals surface area contributed by atoms with Crippen LogP contribution in [0.2, 0.25) is 0 Å². The summed E-state index contributed by atoms with van der Waals surface area (Å²) in [5.41, 5.74) is 0. The molecular weight excluding hydrogens is 290 g/mol. The van der Waals surface area contributed by atoms with Crippen molar-refractivity contribution in [3.8, 4) is 11.5 Å². The van der Waals surface area contributed by atoms with Crippen molar-refractivity contribution in [2.45, 2.75) is 19.1 Å². The molecule has 2 unspecified atom stereocenters. The first-order valence-electron chi connectivity index (χ1n) is 6.94. The molecule has 1 aliphatic heterocycles. The van der Waals surface area contributed by atoms with Crippen LogP contribution >= 0.6 is 0 Å². The molecule has 1 amide bonds. The molecule has 22 heavy (non-hydrogen) atoms. The first-order valence-corrected chi connectivity index (χ1v) is 6.94. The van der Waals surface area contributed by atoms with Gasteiger partial charge in [-0.3, -0.25) is 4.79 Å². The quantitative estimate of drug-likeness (QED) is 0.865. The second-order valence-electron chi connectivity index (χ2n) is 4.90. The highest BCUT2D eigenvalue weighted by Gasteiger charge is 2.35. The maximum atomic E-state index is 12.4. The van der Waals surface area contributed by atoms with E-state index in [1.807, 2.05) is 0 Å². The van der Waals surface area contributed by atoms with Crippen LogP contribution < -0.4 is 9.47 Å². The van der Waals surface area contributed by atoms with Crippen molar-refractivity contribution < 1.29 is 28.9 Å². The lowest BCUT2D eigenvalue weighted by atomic mass is 10.2. The number of hydrogen-bond acceptors (Lipinski definition) is 5. The Balaban J connectivity index is 2.02. The zero-order chi connectivity index (χ0) is 16.1. The van der Waals surface area contributed by atoms with Crippen LogP contribution in [-0.4, -0.2) is 60.9 Å². The number of hydrogen-bond donors (Lipinski definition) is 1. The van der Waals surface area contributed by atoms with E-state index in [0.29, 0.717) is 18.1 Å². The predicted molar refractivity (Wildman–Crippen MR) is 77.0 cm³/mol. The van der Waals surface area contributed by atoms with Crippen LogP contribution in [0.25, 0.3) is 0 Å². The number of benzene rings is 1. The van der Waals surface area contributed by atoms with E-state index < -0.39 is 18.1 Å². The Kier molecular flexibility index (Phi) is 5.21. The van der Waals surface area contributed by atoms with Gasteiger partial charge in [0.2, 0.25) is 0 Å². The van der Waals surface area contributed by atoms with Crippen LogP contribution in [0.3, 0.4) is 0 Å². The zero-order valence-corrected chi connectivity index (χ0v) is 12.5. The highest BCUT2D eigenvalue weighted by molar-refractivity contribution is 5.86. The number of rotatable bonds is 5. The van der Waals surface area contributed by atoms with E-state index in [1.165, 1.54) is 4.90 Å². The monoisotopic (exact) mass is 309 g/mol. The summed E-state index contributed by atoms with van der Waals surface area (Å²) in [6, 6.07) is 5.86. The van der Waals surface area contributed by atoms with E-state index in [-0.39, 0.29) is 19.1 Å². The molecule has 2 atom stereocenters. The molecule has 1 heterocycles. The van der Waals surface area contributed by atoms with E-state index in [4.69, 9.17) is 19.3 Å². The number of ether oxygens (including phenoxy) is 3. The van der Waals surface area contributed by atoms with Gasteiger partial charge < -0.3 is 24.2 Å². The van der Waals surface area contributed by atoms with E-state index in [1.54, 1.807) is 38.3 Å².